The van der Waals surface area contributed by atoms with Gasteiger partial charge in [0, 0.05) is 23.7 Å². The predicted octanol–water partition coefficient (Wildman–Crippen LogP) is 4.11. The molecule has 3 aromatic rings. The Morgan fingerprint density at radius 3 is 2.59 bits per heavy atom. The first-order chi connectivity index (χ1) is 17.8. The Kier molecular flexibility index (Phi) is 6.83. The van der Waals surface area contributed by atoms with Gasteiger partial charge in [0.1, 0.15) is 5.69 Å². The molecule has 1 aromatic heterocycles. The van der Waals surface area contributed by atoms with E-state index in [0.717, 1.165) is 0 Å². The van der Waals surface area contributed by atoms with Crippen molar-refractivity contribution in [2.24, 2.45) is 5.41 Å². The molecular weight excluding hydrogens is 496 g/mol. The van der Waals surface area contributed by atoms with Crippen LogP contribution < -0.4 is 19.7 Å². The average Bonchev–Trinajstić information content (AvgIpc) is 3.31. The first kappa shape index (κ1) is 25.1. The lowest BCUT2D eigenvalue weighted by molar-refractivity contribution is -0.111. The van der Waals surface area contributed by atoms with Crippen molar-refractivity contribution in [3.05, 3.63) is 70.5 Å². The zero-order chi connectivity index (χ0) is 26.2. The smallest absolute Gasteiger partial charge is 0.258 e. The number of amides is 2. The lowest BCUT2D eigenvalue weighted by Crippen LogP contribution is -2.43. The van der Waals surface area contributed by atoms with Crippen LogP contribution in [0.15, 0.2) is 48.7 Å². The van der Waals surface area contributed by atoms with Gasteiger partial charge in [0.05, 0.1) is 56.3 Å². The third-order valence-electron chi connectivity index (χ3n) is 6.78. The number of carbonyl (C=O) groups excluding carboxylic acids is 2. The van der Waals surface area contributed by atoms with E-state index < -0.39 is 0 Å². The van der Waals surface area contributed by atoms with Gasteiger partial charge in [-0.3, -0.25) is 14.3 Å². The molecule has 2 aromatic carbocycles. The van der Waals surface area contributed by atoms with Gasteiger partial charge in [0.2, 0.25) is 0 Å². The maximum absolute atomic E-state index is 13.7. The lowest BCUT2D eigenvalue weighted by Gasteiger charge is -2.37. The van der Waals surface area contributed by atoms with Crippen LogP contribution in [-0.4, -0.2) is 55.6 Å². The number of hydrogen-bond donors (Lipinski definition) is 1. The highest BCUT2D eigenvalue weighted by molar-refractivity contribution is 6.33. The topological polar surface area (TPSA) is 94.9 Å². The van der Waals surface area contributed by atoms with Gasteiger partial charge in [-0.25, -0.2) is 0 Å². The molecule has 0 bridgehead atoms. The number of methoxy groups -OCH3 is 2. The molecule has 1 saturated heterocycles. The van der Waals surface area contributed by atoms with Crippen LogP contribution in [0.4, 0.5) is 5.69 Å². The van der Waals surface area contributed by atoms with Gasteiger partial charge < -0.3 is 24.4 Å². The second kappa shape index (κ2) is 10.1. The number of nitrogens with one attached hydrogen (secondary N) is 1. The number of hydrogen-bond acceptors (Lipinski definition) is 6. The highest BCUT2D eigenvalue weighted by Gasteiger charge is 2.37. The van der Waals surface area contributed by atoms with Crippen LogP contribution in [-0.2, 0) is 11.3 Å². The van der Waals surface area contributed by atoms with E-state index in [-0.39, 0.29) is 23.3 Å². The van der Waals surface area contributed by atoms with Crippen molar-refractivity contribution in [1.29, 1.82) is 0 Å². The summed E-state index contributed by atoms with van der Waals surface area (Å²) in [7, 11) is 3.08. The fraction of sp³-hybridized carbons (Fsp3) is 0.370. The Bertz CT molecular complexity index is 1340. The van der Waals surface area contributed by atoms with Crippen LogP contribution >= 0.6 is 11.6 Å². The molecular formula is C27H29ClN4O5. The number of fused-ring (bicyclic) bond motifs is 1. The minimum Gasteiger partial charge on any atom is -0.493 e. The highest BCUT2D eigenvalue weighted by Crippen LogP contribution is 2.37. The maximum atomic E-state index is 13.7. The zero-order valence-corrected chi connectivity index (χ0v) is 21.7. The Hall–Kier alpha value is -3.56. The molecule has 10 heteroatoms. The van der Waals surface area contributed by atoms with Crippen molar-refractivity contribution >= 4 is 29.1 Å². The normalized spacial score (nSPS) is 17.9. The minimum atomic E-state index is -0.375. The van der Waals surface area contributed by atoms with E-state index in [9.17, 15) is 9.59 Å². The zero-order valence-electron chi connectivity index (χ0n) is 21.0. The van der Waals surface area contributed by atoms with Gasteiger partial charge in [-0.2, -0.15) is 5.10 Å². The van der Waals surface area contributed by atoms with Crippen LogP contribution in [0.5, 0.6) is 11.5 Å². The molecule has 3 heterocycles. The molecule has 37 heavy (non-hydrogen) atoms. The van der Waals surface area contributed by atoms with E-state index in [1.54, 1.807) is 54.5 Å². The average molecular weight is 525 g/mol. The fourth-order valence-corrected chi connectivity index (χ4v) is 4.99. The summed E-state index contributed by atoms with van der Waals surface area (Å²) in [5, 5.41) is 8.28. The molecule has 9 nitrogen and oxygen atoms in total. The first-order valence-corrected chi connectivity index (χ1v) is 12.4. The van der Waals surface area contributed by atoms with Crippen molar-refractivity contribution in [3.8, 4) is 11.5 Å². The predicted molar refractivity (Wildman–Crippen MR) is 139 cm³/mol. The molecule has 5 rings (SSSR count). The molecule has 1 atom stereocenters. The second-order valence-corrected chi connectivity index (χ2v) is 10.1. The quantitative estimate of drug-likeness (QED) is 0.500. The lowest BCUT2D eigenvalue weighted by atomic mass is 9.89. The van der Waals surface area contributed by atoms with Crippen LogP contribution in [0.1, 0.15) is 45.8 Å². The van der Waals surface area contributed by atoms with Gasteiger partial charge in [-0.15, -0.1) is 0 Å². The van der Waals surface area contributed by atoms with E-state index >= 15 is 0 Å². The standard InChI is InChI=1S/C27H29ClN4O5/c1-27(15-37-16-27)14-31-13-21-24(30-31)20(29-25(33)18-6-4-5-7-19(18)28)10-11-32(21)26(34)17-8-9-22(35-2)23(12-17)36-3/h4-9,12-13,20H,10-11,14-16H2,1-3H3,(H,29,33). The SMILES string of the molecule is COc1ccc(C(=O)N2CCC(NC(=O)c3ccccc3Cl)c3nn(CC4(C)COC4)cc32)cc1OC. The number of anilines is 1. The summed E-state index contributed by atoms with van der Waals surface area (Å²) in [5.74, 6) is 0.555. The van der Waals surface area contributed by atoms with Crippen LogP contribution in [0, 0.1) is 5.41 Å². The first-order valence-electron chi connectivity index (χ1n) is 12.1. The van der Waals surface area contributed by atoms with E-state index in [0.29, 0.717) is 71.8 Å². The van der Waals surface area contributed by atoms with Gasteiger partial charge in [-0.05, 0) is 36.8 Å². The van der Waals surface area contributed by atoms with E-state index in [2.05, 4.69) is 12.2 Å². The Balaban J connectivity index is 1.46. The summed E-state index contributed by atoms with van der Waals surface area (Å²) in [6, 6.07) is 11.6. The van der Waals surface area contributed by atoms with Crippen molar-refractivity contribution in [2.75, 3.05) is 38.9 Å². The molecule has 1 fully saturated rings. The van der Waals surface area contributed by atoms with Gasteiger partial charge in [0.15, 0.2) is 11.5 Å². The summed E-state index contributed by atoms with van der Waals surface area (Å²) in [4.78, 5) is 28.4. The van der Waals surface area contributed by atoms with Crippen LogP contribution in [0.2, 0.25) is 5.02 Å². The molecule has 1 unspecified atom stereocenters. The second-order valence-electron chi connectivity index (χ2n) is 9.72. The molecule has 2 aliphatic heterocycles. The Morgan fingerprint density at radius 1 is 1.16 bits per heavy atom. The molecule has 0 spiro atoms. The molecule has 1 N–H and O–H groups in total. The van der Waals surface area contributed by atoms with Crippen molar-refractivity contribution in [2.45, 2.75) is 25.9 Å². The molecule has 0 radical (unpaired) electrons. The number of ether oxygens (including phenoxy) is 3. The van der Waals surface area contributed by atoms with Crippen molar-refractivity contribution in [1.82, 2.24) is 15.1 Å². The number of nitrogens with zero attached hydrogens (tertiary/aromatic N) is 3. The maximum Gasteiger partial charge on any atom is 0.258 e. The van der Waals surface area contributed by atoms with Gasteiger partial charge >= 0.3 is 0 Å². The molecule has 2 aliphatic rings. The summed E-state index contributed by atoms with van der Waals surface area (Å²) < 4.78 is 18.0. The Morgan fingerprint density at radius 2 is 1.92 bits per heavy atom. The third kappa shape index (κ3) is 4.89. The highest BCUT2D eigenvalue weighted by atomic mass is 35.5. The third-order valence-corrected chi connectivity index (χ3v) is 7.11. The van der Waals surface area contributed by atoms with Gasteiger partial charge in [-0.1, -0.05) is 30.7 Å². The largest absolute Gasteiger partial charge is 0.493 e. The number of benzene rings is 2. The van der Waals surface area contributed by atoms with Gasteiger partial charge in [0.25, 0.3) is 11.8 Å². The molecule has 2 amide bonds. The van der Waals surface area contributed by atoms with E-state index in [4.69, 9.17) is 30.9 Å². The van der Waals surface area contributed by atoms with E-state index in [1.807, 2.05) is 10.9 Å². The number of carbonyl (C=O) groups is 2. The molecule has 0 saturated carbocycles. The van der Waals surface area contributed by atoms with Crippen LogP contribution in [0.3, 0.4) is 0 Å². The number of rotatable bonds is 7. The van der Waals surface area contributed by atoms with E-state index in [1.165, 1.54) is 7.11 Å². The van der Waals surface area contributed by atoms with Crippen LogP contribution in [0.25, 0.3) is 0 Å². The monoisotopic (exact) mass is 524 g/mol. The molecule has 194 valence electrons. The summed E-state index contributed by atoms with van der Waals surface area (Å²) in [6.07, 6.45) is 2.38. The fourth-order valence-electron chi connectivity index (χ4n) is 4.77. The van der Waals surface area contributed by atoms with Crippen molar-refractivity contribution < 1.29 is 23.8 Å². The number of aromatic nitrogens is 2. The molecule has 0 aliphatic carbocycles. The summed E-state index contributed by atoms with van der Waals surface area (Å²) >= 11 is 6.25. The summed E-state index contributed by atoms with van der Waals surface area (Å²) in [6.45, 7) is 4.49. The Labute approximate surface area is 220 Å². The number of halogens is 1. The minimum absolute atomic E-state index is 0.0247. The van der Waals surface area contributed by atoms with Crippen molar-refractivity contribution in [3.63, 3.8) is 0 Å². The summed E-state index contributed by atoms with van der Waals surface area (Å²) in [5.41, 5.74) is 2.15.